The van der Waals surface area contributed by atoms with Crippen LogP contribution in [0.5, 0.6) is 0 Å². The molecule has 0 spiro atoms. The van der Waals surface area contributed by atoms with E-state index in [1.807, 2.05) is 0 Å². The number of esters is 1. The number of carbonyl (C=O) groups is 2. The summed E-state index contributed by atoms with van der Waals surface area (Å²) in [5.74, 6) is -1.11. The average molecular weight is 348 g/mol. The summed E-state index contributed by atoms with van der Waals surface area (Å²) >= 11 is 0.986. The molecule has 124 valence electrons. The second kappa shape index (κ2) is 7.70. The van der Waals surface area contributed by atoms with Crippen molar-refractivity contribution in [2.45, 2.75) is 31.7 Å². The third-order valence-electron chi connectivity index (χ3n) is 2.74. The predicted octanol–water partition coefficient (Wildman–Crippen LogP) is 1.07. The molecule has 0 aliphatic carbocycles. The van der Waals surface area contributed by atoms with Crippen LogP contribution >= 0.6 is 11.3 Å². The molecule has 0 radical (unpaired) electrons. The molecule has 0 unspecified atom stereocenters. The van der Waals surface area contributed by atoms with Gasteiger partial charge in [0.2, 0.25) is 15.9 Å². The number of nitrogens with one attached hydrogen (secondary N) is 1. The fraction of sp³-hybridized carbons (Fsp3) is 0.538. The molecule has 1 heterocycles. The lowest BCUT2D eigenvalue weighted by atomic mass is 10.4. The van der Waals surface area contributed by atoms with Gasteiger partial charge in [-0.05, 0) is 25.3 Å². The van der Waals surface area contributed by atoms with Crippen molar-refractivity contribution in [1.29, 1.82) is 0 Å². The monoisotopic (exact) mass is 348 g/mol. The SMILES string of the molecule is CCN(CC(=O)NC(C)C)S(=O)(=O)c1ccsc1C(=O)OC. The van der Waals surface area contributed by atoms with Gasteiger partial charge >= 0.3 is 5.97 Å². The van der Waals surface area contributed by atoms with Crippen LogP contribution in [0.25, 0.3) is 0 Å². The molecule has 7 nitrogen and oxygen atoms in total. The molecule has 22 heavy (non-hydrogen) atoms. The van der Waals surface area contributed by atoms with Gasteiger partial charge in [-0.1, -0.05) is 6.92 Å². The van der Waals surface area contributed by atoms with Gasteiger partial charge in [0.1, 0.15) is 9.77 Å². The van der Waals surface area contributed by atoms with E-state index in [1.54, 1.807) is 20.8 Å². The van der Waals surface area contributed by atoms with Gasteiger partial charge < -0.3 is 10.1 Å². The zero-order valence-electron chi connectivity index (χ0n) is 13.0. The highest BCUT2D eigenvalue weighted by molar-refractivity contribution is 7.89. The Kier molecular flexibility index (Phi) is 6.51. The van der Waals surface area contributed by atoms with Crippen LogP contribution in [-0.4, -0.2) is 50.8 Å². The molecular formula is C13H20N2O5S2. The summed E-state index contributed by atoms with van der Waals surface area (Å²) in [6.45, 7) is 5.02. The van der Waals surface area contributed by atoms with Crippen molar-refractivity contribution >= 4 is 33.2 Å². The molecule has 0 aliphatic rings. The Balaban J connectivity index is 3.08. The number of hydrogen-bond acceptors (Lipinski definition) is 6. The second-order valence-corrected chi connectivity index (χ2v) is 7.58. The summed E-state index contributed by atoms with van der Waals surface area (Å²) in [5.41, 5.74) is 0. The zero-order chi connectivity index (χ0) is 16.9. The number of carbonyl (C=O) groups excluding carboxylic acids is 2. The van der Waals surface area contributed by atoms with E-state index >= 15 is 0 Å². The minimum absolute atomic E-state index is 0.00483. The number of amides is 1. The number of nitrogens with zero attached hydrogens (tertiary/aromatic N) is 1. The first-order valence-electron chi connectivity index (χ1n) is 6.69. The van der Waals surface area contributed by atoms with Crippen LogP contribution in [0.15, 0.2) is 16.3 Å². The largest absolute Gasteiger partial charge is 0.465 e. The third-order valence-corrected chi connectivity index (χ3v) is 5.73. The second-order valence-electron chi connectivity index (χ2n) is 4.76. The number of ether oxygens (including phenoxy) is 1. The van der Waals surface area contributed by atoms with Crippen LogP contribution in [0.2, 0.25) is 0 Å². The molecule has 1 N–H and O–H groups in total. The van der Waals surface area contributed by atoms with Gasteiger partial charge in [-0.15, -0.1) is 11.3 Å². The summed E-state index contributed by atoms with van der Waals surface area (Å²) in [6, 6.07) is 1.26. The molecule has 9 heteroatoms. The van der Waals surface area contributed by atoms with Gasteiger partial charge in [0, 0.05) is 12.6 Å². The van der Waals surface area contributed by atoms with Crippen LogP contribution in [0.3, 0.4) is 0 Å². The molecule has 0 saturated heterocycles. The van der Waals surface area contributed by atoms with E-state index in [9.17, 15) is 18.0 Å². The van der Waals surface area contributed by atoms with E-state index < -0.39 is 21.9 Å². The van der Waals surface area contributed by atoms with E-state index in [0.29, 0.717) is 0 Å². The smallest absolute Gasteiger partial charge is 0.349 e. The van der Waals surface area contributed by atoms with Crippen LogP contribution in [-0.2, 0) is 19.6 Å². The normalized spacial score (nSPS) is 11.7. The van der Waals surface area contributed by atoms with Crippen LogP contribution < -0.4 is 5.32 Å². The van der Waals surface area contributed by atoms with Crippen molar-refractivity contribution in [3.05, 3.63) is 16.3 Å². The fourth-order valence-corrected chi connectivity index (χ4v) is 4.49. The predicted molar refractivity (Wildman–Crippen MR) is 83.4 cm³/mol. The van der Waals surface area contributed by atoms with E-state index in [-0.39, 0.29) is 28.9 Å². The maximum absolute atomic E-state index is 12.6. The Morgan fingerprint density at radius 1 is 1.41 bits per heavy atom. The fourth-order valence-electron chi connectivity index (χ4n) is 1.78. The Labute approximate surface area is 134 Å². The summed E-state index contributed by atoms with van der Waals surface area (Å²) in [5, 5.41) is 4.14. The quantitative estimate of drug-likeness (QED) is 0.744. The van der Waals surface area contributed by atoms with Crippen molar-refractivity contribution in [1.82, 2.24) is 9.62 Å². The first-order valence-corrected chi connectivity index (χ1v) is 9.01. The van der Waals surface area contributed by atoms with Crippen molar-refractivity contribution in [2.24, 2.45) is 0 Å². The summed E-state index contributed by atoms with van der Waals surface area (Å²) in [4.78, 5) is 23.3. The standard InChI is InChI=1S/C13H20N2O5S2/c1-5-15(8-11(16)14-9(2)3)22(18,19)10-6-7-21-12(10)13(17)20-4/h6-7,9H,5,8H2,1-4H3,(H,14,16). The minimum Gasteiger partial charge on any atom is -0.465 e. The van der Waals surface area contributed by atoms with Gasteiger partial charge in [0.05, 0.1) is 13.7 Å². The molecule has 0 atom stereocenters. The lowest BCUT2D eigenvalue weighted by Crippen LogP contribution is -2.42. The average Bonchev–Trinajstić information content (AvgIpc) is 2.93. The molecular weight excluding hydrogens is 328 g/mol. The number of rotatable bonds is 7. The molecule has 0 aromatic carbocycles. The van der Waals surface area contributed by atoms with Gasteiger partial charge in [-0.3, -0.25) is 4.79 Å². The summed E-state index contributed by atoms with van der Waals surface area (Å²) in [7, 11) is -2.76. The van der Waals surface area contributed by atoms with Crippen molar-refractivity contribution in [3.8, 4) is 0 Å². The number of hydrogen-bond donors (Lipinski definition) is 1. The minimum atomic E-state index is -3.94. The molecule has 1 amide bonds. The Hall–Kier alpha value is -1.45. The van der Waals surface area contributed by atoms with E-state index in [2.05, 4.69) is 10.1 Å². The lowest BCUT2D eigenvalue weighted by Gasteiger charge is -2.20. The number of thiophene rings is 1. The number of sulfonamides is 1. The van der Waals surface area contributed by atoms with Crippen LogP contribution in [0.1, 0.15) is 30.4 Å². The zero-order valence-corrected chi connectivity index (χ0v) is 14.6. The van der Waals surface area contributed by atoms with E-state index in [0.717, 1.165) is 15.6 Å². The number of likely N-dealkylation sites (N-methyl/N-ethyl adjacent to an activating group) is 1. The van der Waals surface area contributed by atoms with Gasteiger partial charge in [0.15, 0.2) is 0 Å². The Morgan fingerprint density at radius 3 is 2.55 bits per heavy atom. The van der Waals surface area contributed by atoms with Gasteiger partial charge in [-0.25, -0.2) is 13.2 Å². The van der Waals surface area contributed by atoms with E-state index in [1.165, 1.54) is 18.6 Å². The highest BCUT2D eigenvalue weighted by atomic mass is 32.2. The molecule has 0 bridgehead atoms. The van der Waals surface area contributed by atoms with Gasteiger partial charge in [0.25, 0.3) is 0 Å². The maximum atomic E-state index is 12.6. The topological polar surface area (TPSA) is 92.8 Å². The molecule has 1 aromatic rings. The first kappa shape index (κ1) is 18.6. The summed E-state index contributed by atoms with van der Waals surface area (Å²) < 4.78 is 30.9. The Bertz CT molecular complexity index is 637. The molecule has 0 saturated carbocycles. The molecule has 0 aliphatic heterocycles. The number of methoxy groups -OCH3 is 1. The highest BCUT2D eigenvalue weighted by Crippen LogP contribution is 2.25. The third kappa shape index (κ3) is 4.28. The Morgan fingerprint density at radius 2 is 2.05 bits per heavy atom. The molecule has 1 aromatic heterocycles. The van der Waals surface area contributed by atoms with Crippen molar-refractivity contribution < 1.29 is 22.7 Å². The van der Waals surface area contributed by atoms with Crippen molar-refractivity contribution in [2.75, 3.05) is 20.2 Å². The first-order chi connectivity index (χ1) is 10.2. The molecule has 1 rings (SSSR count). The van der Waals surface area contributed by atoms with Gasteiger partial charge in [-0.2, -0.15) is 4.31 Å². The highest BCUT2D eigenvalue weighted by Gasteiger charge is 2.31. The van der Waals surface area contributed by atoms with Crippen LogP contribution in [0, 0.1) is 0 Å². The summed E-state index contributed by atoms with van der Waals surface area (Å²) in [6.07, 6.45) is 0. The van der Waals surface area contributed by atoms with Crippen molar-refractivity contribution in [3.63, 3.8) is 0 Å². The van der Waals surface area contributed by atoms with Crippen LogP contribution in [0.4, 0.5) is 0 Å². The maximum Gasteiger partial charge on any atom is 0.349 e. The molecule has 0 fully saturated rings. The lowest BCUT2D eigenvalue weighted by molar-refractivity contribution is -0.121. The van der Waals surface area contributed by atoms with E-state index in [4.69, 9.17) is 0 Å².